The molecule has 176 valence electrons. The predicted molar refractivity (Wildman–Crippen MR) is 142 cm³/mol. The van der Waals surface area contributed by atoms with Crippen LogP contribution in [0.3, 0.4) is 0 Å². The number of fused-ring (bicyclic) bond motifs is 1. The molecular weight excluding hydrogens is 468 g/mol. The molecule has 0 bridgehead atoms. The van der Waals surface area contributed by atoms with Gasteiger partial charge in [-0.05, 0) is 77.4 Å². The summed E-state index contributed by atoms with van der Waals surface area (Å²) in [7, 11) is 1.68. The number of thiophene rings is 1. The fourth-order valence-corrected chi connectivity index (χ4v) is 5.20. The van der Waals surface area contributed by atoms with Crippen LogP contribution in [0.1, 0.15) is 23.1 Å². The molecule has 0 aliphatic carbocycles. The SMILES string of the molecule is COc1ccc(-c2csc3c(Cl)cc(COc4ccc(CC/C(=N/N)NN)cc4)cc23)c(C)c1. The third-order valence-electron chi connectivity index (χ3n) is 5.71. The number of hydrazone groups is 1. The van der Waals surface area contributed by atoms with Crippen molar-refractivity contribution < 1.29 is 9.47 Å². The highest BCUT2D eigenvalue weighted by atomic mass is 35.5. The number of hydrazine groups is 1. The van der Waals surface area contributed by atoms with E-state index in [2.05, 4.69) is 35.0 Å². The maximum absolute atomic E-state index is 6.64. The fraction of sp³-hybridized carbons (Fsp3) is 0.192. The zero-order valence-corrected chi connectivity index (χ0v) is 20.7. The van der Waals surface area contributed by atoms with Gasteiger partial charge < -0.3 is 20.7 Å². The monoisotopic (exact) mass is 494 g/mol. The van der Waals surface area contributed by atoms with Crippen LogP contribution in [0, 0.1) is 6.92 Å². The van der Waals surface area contributed by atoms with E-state index in [-0.39, 0.29) is 0 Å². The van der Waals surface area contributed by atoms with Crippen LogP contribution in [0.2, 0.25) is 5.02 Å². The highest BCUT2D eigenvalue weighted by molar-refractivity contribution is 7.18. The molecular formula is C26H27ClN4O2S. The van der Waals surface area contributed by atoms with Gasteiger partial charge in [-0.2, -0.15) is 5.10 Å². The summed E-state index contributed by atoms with van der Waals surface area (Å²) in [5, 5.41) is 7.63. The molecule has 3 aromatic carbocycles. The summed E-state index contributed by atoms with van der Waals surface area (Å²) in [4.78, 5) is 0. The van der Waals surface area contributed by atoms with Crippen LogP contribution in [0.25, 0.3) is 21.2 Å². The number of amidine groups is 1. The summed E-state index contributed by atoms with van der Waals surface area (Å²) in [6.45, 7) is 2.52. The Morgan fingerprint density at radius 3 is 2.47 bits per heavy atom. The second-order valence-corrected chi connectivity index (χ2v) is 9.22. The smallest absolute Gasteiger partial charge is 0.136 e. The molecule has 0 spiro atoms. The third kappa shape index (κ3) is 5.28. The number of nitrogens with one attached hydrogen (secondary N) is 1. The quantitative estimate of drug-likeness (QED) is 0.125. The van der Waals surface area contributed by atoms with Crippen molar-refractivity contribution in [2.75, 3.05) is 7.11 Å². The first-order chi connectivity index (χ1) is 16.5. The lowest BCUT2D eigenvalue weighted by Gasteiger charge is -2.10. The number of nitrogens with two attached hydrogens (primary N) is 2. The number of hydrogen-bond acceptors (Lipinski definition) is 6. The van der Waals surface area contributed by atoms with E-state index in [0.717, 1.165) is 49.7 Å². The molecule has 0 unspecified atom stereocenters. The topological polar surface area (TPSA) is 94.9 Å². The lowest BCUT2D eigenvalue weighted by atomic mass is 9.99. The number of benzene rings is 3. The summed E-state index contributed by atoms with van der Waals surface area (Å²) in [6.07, 6.45) is 1.42. The number of ether oxygens (including phenoxy) is 2. The minimum absolute atomic E-state index is 0.424. The average Bonchev–Trinajstić information content (AvgIpc) is 3.28. The van der Waals surface area contributed by atoms with E-state index in [1.54, 1.807) is 18.4 Å². The van der Waals surface area contributed by atoms with Crippen LogP contribution in [-0.2, 0) is 13.0 Å². The first-order valence-electron chi connectivity index (χ1n) is 10.8. The van der Waals surface area contributed by atoms with Gasteiger partial charge in [-0.1, -0.05) is 29.8 Å². The van der Waals surface area contributed by atoms with Gasteiger partial charge in [0.25, 0.3) is 0 Å². The molecule has 1 aromatic heterocycles. The molecule has 0 radical (unpaired) electrons. The Morgan fingerprint density at radius 2 is 1.79 bits per heavy atom. The van der Waals surface area contributed by atoms with Gasteiger partial charge in [-0.15, -0.1) is 11.3 Å². The van der Waals surface area contributed by atoms with Gasteiger partial charge in [-0.25, -0.2) is 5.84 Å². The van der Waals surface area contributed by atoms with Gasteiger partial charge in [0, 0.05) is 17.4 Å². The van der Waals surface area contributed by atoms with Crippen molar-refractivity contribution in [2.24, 2.45) is 16.8 Å². The van der Waals surface area contributed by atoms with Gasteiger partial charge in [0.05, 0.1) is 16.8 Å². The Balaban J connectivity index is 1.50. The van der Waals surface area contributed by atoms with Crippen molar-refractivity contribution in [1.82, 2.24) is 5.43 Å². The molecule has 0 aliphatic heterocycles. The van der Waals surface area contributed by atoms with Crippen molar-refractivity contribution in [3.63, 3.8) is 0 Å². The highest BCUT2D eigenvalue weighted by Crippen LogP contribution is 2.40. The Kier molecular flexibility index (Phi) is 7.57. The zero-order valence-electron chi connectivity index (χ0n) is 19.1. The number of rotatable bonds is 8. The summed E-state index contributed by atoms with van der Waals surface area (Å²) >= 11 is 8.30. The molecule has 0 aliphatic rings. The van der Waals surface area contributed by atoms with Crippen LogP contribution >= 0.6 is 22.9 Å². The lowest BCUT2D eigenvalue weighted by Crippen LogP contribution is -2.31. The Bertz CT molecular complexity index is 1320. The largest absolute Gasteiger partial charge is 0.497 e. The Labute approximate surface area is 208 Å². The summed E-state index contributed by atoms with van der Waals surface area (Å²) in [5.41, 5.74) is 8.15. The molecule has 0 atom stereocenters. The van der Waals surface area contributed by atoms with Gasteiger partial charge in [0.15, 0.2) is 0 Å². The van der Waals surface area contributed by atoms with E-state index < -0.39 is 0 Å². The van der Waals surface area contributed by atoms with Crippen molar-refractivity contribution in [2.45, 2.75) is 26.4 Å². The predicted octanol–water partition coefficient (Wildman–Crippen LogP) is 5.79. The number of methoxy groups -OCH3 is 1. The van der Waals surface area contributed by atoms with Crippen molar-refractivity contribution >= 4 is 38.9 Å². The average molecular weight is 495 g/mol. The van der Waals surface area contributed by atoms with Gasteiger partial charge >= 0.3 is 0 Å². The Morgan fingerprint density at radius 1 is 1.03 bits per heavy atom. The second-order valence-electron chi connectivity index (χ2n) is 7.94. The standard InChI is InChI=1S/C26H27ClN4O2S/c1-16-11-20(32-2)8-9-21(16)23-15-34-26-22(23)12-18(13-24(26)27)14-33-19-6-3-17(4-7-19)5-10-25(30-28)31-29/h3-4,6-9,11-13,15H,5,10,14,28-29H2,1-2H3,(H,30,31). The molecule has 5 N–H and O–H groups in total. The second kappa shape index (κ2) is 10.8. The van der Waals surface area contributed by atoms with Crippen LogP contribution in [0.15, 0.2) is 65.1 Å². The molecule has 6 nitrogen and oxygen atoms in total. The van der Waals surface area contributed by atoms with Crippen molar-refractivity contribution in [3.05, 3.63) is 81.7 Å². The normalized spacial score (nSPS) is 11.6. The fourth-order valence-electron chi connectivity index (χ4n) is 3.86. The minimum Gasteiger partial charge on any atom is -0.497 e. The van der Waals surface area contributed by atoms with Crippen LogP contribution < -0.4 is 26.6 Å². The first-order valence-corrected chi connectivity index (χ1v) is 12.1. The highest BCUT2D eigenvalue weighted by Gasteiger charge is 2.13. The van der Waals surface area contributed by atoms with Crippen LogP contribution in [-0.4, -0.2) is 12.9 Å². The molecule has 0 fully saturated rings. The van der Waals surface area contributed by atoms with Crippen molar-refractivity contribution in [1.29, 1.82) is 0 Å². The molecule has 4 aromatic rings. The summed E-state index contributed by atoms with van der Waals surface area (Å²) in [6, 6.07) is 18.3. The maximum atomic E-state index is 6.64. The van der Waals surface area contributed by atoms with E-state index in [4.69, 9.17) is 32.8 Å². The van der Waals surface area contributed by atoms with Crippen LogP contribution in [0.5, 0.6) is 11.5 Å². The van der Waals surface area contributed by atoms with E-state index in [0.29, 0.717) is 18.9 Å². The maximum Gasteiger partial charge on any atom is 0.136 e. The Hall–Kier alpha value is -3.26. The van der Waals surface area contributed by atoms with Gasteiger partial charge in [0.1, 0.15) is 23.9 Å². The zero-order chi connectivity index (χ0) is 24.1. The number of halogens is 1. The first kappa shape index (κ1) is 23.9. The van der Waals surface area contributed by atoms with E-state index in [1.807, 2.05) is 42.5 Å². The molecule has 4 rings (SSSR count). The molecule has 1 heterocycles. The molecule has 0 saturated heterocycles. The van der Waals surface area contributed by atoms with Crippen molar-refractivity contribution in [3.8, 4) is 22.6 Å². The number of aryl methyl sites for hydroxylation is 2. The number of nitrogens with zero attached hydrogens (tertiary/aromatic N) is 1. The third-order valence-corrected chi connectivity index (χ3v) is 7.15. The van der Waals surface area contributed by atoms with Gasteiger partial charge in [-0.3, -0.25) is 0 Å². The van der Waals surface area contributed by atoms with Crippen LogP contribution in [0.4, 0.5) is 0 Å². The molecule has 0 amide bonds. The van der Waals surface area contributed by atoms with E-state index in [1.165, 1.54) is 11.1 Å². The minimum atomic E-state index is 0.424. The van der Waals surface area contributed by atoms with Gasteiger partial charge in [0.2, 0.25) is 0 Å². The number of hydrogen-bond donors (Lipinski definition) is 3. The lowest BCUT2D eigenvalue weighted by molar-refractivity contribution is 0.306. The molecule has 0 saturated carbocycles. The molecule has 8 heteroatoms. The summed E-state index contributed by atoms with van der Waals surface area (Å²) < 4.78 is 12.5. The van der Waals surface area contributed by atoms with E-state index in [9.17, 15) is 0 Å². The molecule has 34 heavy (non-hydrogen) atoms. The summed E-state index contributed by atoms with van der Waals surface area (Å²) in [5.74, 6) is 12.9. The van der Waals surface area contributed by atoms with E-state index >= 15 is 0 Å².